The van der Waals surface area contributed by atoms with Gasteiger partial charge in [0, 0.05) is 18.6 Å². The third-order valence-corrected chi connectivity index (χ3v) is 4.93. The van der Waals surface area contributed by atoms with Gasteiger partial charge in [-0.1, -0.05) is 20.8 Å². The zero-order valence-corrected chi connectivity index (χ0v) is 14.2. The molecule has 1 fully saturated rings. The summed E-state index contributed by atoms with van der Waals surface area (Å²) in [5, 5.41) is 3.74. The van der Waals surface area contributed by atoms with E-state index in [1.165, 1.54) is 45.3 Å². The Morgan fingerprint density at radius 1 is 1.05 bits per heavy atom. The molecule has 1 aliphatic rings. The van der Waals surface area contributed by atoms with Gasteiger partial charge in [0.05, 0.1) is 0 Å². The van der Waals surface area contributed by atoms with Gasteiger partial charge in [-0.3, -0.25) is 0 Å². The van der Waals surface area contributed by atoms with Crippen LogP contribution < -0.4 is 5.32 Å². The van der Waals surface area contributed by atoms with Crippen molar-refractivity contribution in [3.8, 4) is 0 Å². The topological polar surface area (TPSA) is 15.3 Å². The molecule has 0 saturated carbocycles. The number of likely N-dealkylation sites (tertiary alicyclic amines) is 1. The summed E-state index contributed by atoms with van der Waals surface area (Å²) >= 11 is 0. The summed E-state index contributed by atoms with van der Waals surface area (Å²) < 4.78 is 0. The molecule has 1 N–H and O–H groups in total. The van der Waals surface area contributed by atoms with Crippen molar-refractivity contribution in [3.63, 3.8) is 0 Å². The minimum atomic E-state index is 0.228. The fourth-order valence-electron chi connectivity index (χ4n) is 2.93. The summed E-state index contributed by atoms with van der Waals surface area (Å²) in [6.45, 7) is 19.0. The highest BCUT2D eigenvalue weighted by Crippen LogP contribution is 2.29. The standard InChI is InChI=1S/C17H36N2/c1-7-17(8-2,13-18-16(4,5)6)14-19-11-9-15(3)10-12-19/h15,18H,7-14H2,1-6H3. The molecule has 0 bridgehead atoms. The Bertz CT molecular complexity index is 242. The molecule has 1 aliphatic heterocycles. The Labute approximate surface area is 121 Å². The molecule has 2 heteroatoms. The van der Waals surface area contributed by atoms with Crippen molar-refractivity contribution in [2.45, 2.75) is 72.8 Å². The van der Waals surface area contributed by atoms with Crippen LogP contribution in [0.3, 0.4) is 0 Å². The molecule has 1 heterocycles. The number of hydrogen-bond acceptors (Lipinski definition) is 2. The molecule has 114 valence electrons. The largest absolute Gasteiger partial charge is 0.311 e. The summed E-state index contributed by atoms with van der Waals surface area (Å²) in [6, 6.07) is 0. The molecule has 0 aromatic carbocycles. The second-order valence-corrected chi connectivity index (χ2v) is 7.77. The third kappa shape index (κ3) is 5.83. The number of rotatable bonds is 6. The molecule has 0 unspecified atom stereocenters. The van der Waals surface area contributed by atoms with Crippen molar-refractivity contribution in [2.24, 2.45) is 11.3 Å². The van der Waals surface area contributed by atoms with E-state index in [2.05, 4.69) is 51.8 Å². The number of piperidine rings is 1. The van der Waals surface area contributed by atoms with Crippen molar-refractivity contribution < 1.29 is 0 Å². The molecule has 2 nitrogen and oxygen atoms in total. The van der Waals surface area contributed by atoms with Crippen molar-refractivity contribution >= 4 is 0 Å². The van der Waals surface area contributed by atoms with Crippen LogP contribution in [0.1, 0.15) is 67.2 Å². The summed E-state index contributed by atoms with van der Waals surface area (Å²) in [5.41, 5.74) is 0.680. The summed E-state index contributed by atoms with van der Waals surface area (Å²) in [5.74, 6) is 0.932. The molecule has 19 heavy (non-hydrogen) atoms. The van der Waals surface area contributed by atoms with E-state index < -0.39 is 0 Å². The molecular formula is C17H36N2. The van der Waals surface area contributed by atoms with Crippen molar-refractivity contribution in [3.05, 3.63) is 0 Å². The first-order chi connectivity index (χ1) is 8.80. The van der Waals surface area contributed by atoms with Gasteiger partial charge in [0.2, 0.25) is 0 Å². The fourth-order valence-corrected chi connectivity index (χ4v) is 2.93. The van der Waals surface area contributed by atoms with Crippen molar-refractivity contribution in [1.29, 1.82) is 0 Å². The SMILES string of the molecule is CCC(CC)(CNC(C)(C)C)CN1CCC(C)CC1. The highest BCUT2D eigenvalue weighted by Gasteiger charge is 2.31. The average Bonchev–Trinajstić information content (AvgIpc) is 2.36. The van der Waals surface area contributed by atoms with E-state index in [1.54, 1.807) is 0 Å². The maximum atomic E-state index is 3.74. The van der Waals surface area contributed by atoms with E-state index in [9.17, 15) is 0 Å². The smallest absolute Gasteiger partial charge is 0.00967 e. The lowest BCUT2D eigenvalue weighted by Gasteiger charge is -2.41. The van der Waals surface area contributed by atoms with Gasteiger partial charge in [0.15, 0.2) is 0 Å². The molecule has 0 amide bonds. The maximum Gasteiger partial charge on any atom is 0.00967 e. The second kappa shape index (κ2) is 7.08. The van der Waals surface area contributed by atoms with Crippen LogP contribution in [-0.4, -0.2) is 36.6 Å². The normalized spacial score (nSPS) is 19.9. The first-order valence-corrected chi connectivity index (χ1v) is 8.27. The Hall–Kier alpha value is -0.0800. The van der Waals surface area contributed by atoms with Crippen LogP contribution in [0, 0.1) is 11.3 Å². The Morgan fingerprint density at radius 2 is 1.58 bits per heavy atom. The second-order valence-electron chi connectivity index (χ2n) is 7.77. The van der Waals surface area contributed by atoms with Crippen LogP contribution in [0.2, 0.25) is 0 Å². The number of nitrogens with one attached hydrogen (secondary N) is 1. The van der Waals surface area contributed by atoms with Crippen LogP contribution in [0.5, 0.6) is 0 Å². The number of hydrogen-bond donors (Lipinski definition) is 1. The molecule has 0 aromatic rings. The molecular weight excluding hydrogens is 232 g/mol. The quantitative estimate of drug-likeness (QED) is 0.785. The predicted molar refractivity (Wildman–Crippen MR) is 85.6 cm³/mol. The Kier molecular flexibility index (Phi) is 6.32. The van der Waals surface area contributed by atoms with Crippen LogP contribution in [-0.2, 0) is 0 Å². The van der Waals surface area contributed by atoms with E-state index in [0.29, 0.717) is 5.41 Å². The van der Waals surface area contributed by atoms with Crippen molar-refractivity contribution in [1.82, 2.24) is 10.2 Å². The Morgan fingerprint density at radius 3 is 2.00 bits per heavy atom. The lowest BCUT2D eigenvalue weighted by Crippen LogP contribution is -2.49. The van der Waals surface area contributed by atoms with E-state index >= 15 is 0 Å². The van der Waals surface area contributed by atoms with Crippen LogP contribution in [0.15, 0.2) is 0 Å². The average molecular weight is 268 g/mol. The van der Waals surface area contributed by atoms with Crippen LogP contribution in [0.25, 0.3) is 0 Å². The third-order valence-electron chi connectivity index (χ3n) is 4.93. The lowest BCUT2D eigenvalue weighted by molar-refractivity contribution is 0.0979. The maximum absolute atomic E-state index is 3.74. The summed E-state index contributed by atoms with van der Waals surface area (Å²) in [4.78, 5) is 2.71. The van der Waals surface area contributed by atoms with Gasteiger partial charge in [0.25, 0.3) is 0 Å². The fraction of sp³-hybridized carbons (Fsp3) is 1.00. The van der Waals surface area contributed by atoms with Gasteiger partial charge in [-0.15, -0.1) is 0 Å². The molecule has 1 saturated heterocycles. The van der Waals surface area contributed by atoms with E-state index in [-0.39, 0.29) is 5.54 Å². The molecule has 0 spiro atoms. The zero-order valence-electron chi connectivity index (χ0n) is 14.2. The van der Waals surface area contributed by atoms with Gasteiger partial charge in [0.1, 0.15) is 0 Å². The molecule has 0 radical (unpaired) electrons. The molecule has 1 rings (SSSR count). The predicted octanol–water partition coefficient (Wildman–Crippen LogP) is 3.91. The minimum Gasteiger partial charge on any atom is -0.311 e. The van der Waals surface area contributed by atoms with E-state index in [4.69, 9.17) is 0 Å². The Balaban J connectivity index is 2.55. The van der Waals surface area contributed by atoms with Crippen molar-refractivity contribution in [2.75, 3.05) is 26.2 Å². The molecule has 0 atom stereocenters. The van der Waals surface area contributed by atoms with Gasteiger partial charge in [-0.25, -0.2) is 0 Å². The van der Waals surface area contributed by atoms with Crippen LogP contribution in [0.4, 0.5) is 0 Å². The first-order valence-electron chi connectivity index (χ1n) is 8.27. The van der Waals surface area contributed by atoms with Gasteiger partial charge >= 0.3 is 0 Å². The molecule has 0 aromatic heterocycles. The van der Waals surface area contributed by atoms with Crippen LogP contribution >= 0.6 is 0 Å². The summed E-state index contributed by atoms with van der Waals surface area (Å²) in [6.07, 6.45) is 5.32. The zero-order chi connectivity index (χ0) is 14.5. The van der Waals surface area contributed by atoms with Gasteiger partial charge in [-0.2, -0.15) is 0 Å². The van der Waals surface area contributed by atoms with Gasteiger partial charge in [-0.05, 0) is 70.9 Å². The minimum absolute atomic E-state index is 0.228. The monoisotopic (exact) mass is 268 g/mol. The molecule has 0 aliphatic carbocycles. The van der Waals surface area contributed by atoms with E-state index in [0.717, 1.165) is 12.5 Å². The summed E-state index contributed by atoms with van der Waals surface area (Å²) in [7, 11) is 0. The number of nitrogens with zero attached hydrogens (tertiary/aromatic N) is 1. The van der Waals surface area contributed by atoms with Gasteiger partial charge < -0.3 is 10.2 Å². The highest BCUT2D eigenvalue weighted by molar-refractivity contribution is 4.87. The lowest BCUT2D eigenvalue weighted by atomic mass is 9.80. The first kappa shape index (κ1) is 17.0. The highest BCUT2D eigenvalue weighted by atomic mass is 15.1. The van der Waals surface area contributed by atoms with E-state index in [1.807, 2.05) is 0 Å².